The number of carbonyl (C=O) groups is 1. The number of aromatic nitrogens is 2. The number of hydrogen-bond acceptors (Lipinski definition) is 7. The minimum absolute atomic E-state index is 0.0776. The number of nitrogens with zero attached hydrogens (tertiary/aromatic N) is 3. The van der Waals surface area contributed by atoms with Crippen LogP contribution in [0.5, 0.6) is 0 Å². The second-order valence-corrected chi connectivity index (χ2v) is 7.13. The molecule has 0 aliphatic carbocycles. The molecule has 7 nitrogen and oxygen atoms in total. The Morgan fingerprint density at radius 1 is 1.28 bits per heavy atom. The van der Waals surface area contributed by atoms with Gasteiger partial charge in [-0.3, -0.25) is 4.79 Å². The van der Waals surface area contributed by atoms with Crippen LogP contribution in [0.15, 0.2) is 21.3 Å². The number of thiophene rings is 1. The predicted molar refractivity (Wildman–Crippen MR) is 90.9 cm³/mol. The van der Waals surface area contributed by atoms with Gasteiger partial charge in [-0.05, 0) is 24.3 Å². The smallest absolute Gasteiger partial charge is 0.227 e. The highest BCUT2D eigenvalue weighted by Gasteiger charge is 2.31. The molecule has 25 heavy (non-hydrogen) atoms. The van der Waals surface area contributed by atoms with E-state index in [-0.39, 0.29) is 12.2 Å². The van der Waals surface area contributed by atoms with E-state index in [1.165, 1.54) is 0 Å². The monoisotopic (exact) mass is 363 g/mol. The van der Waals surface area contributed by atoms with Gasteiger partial charge in [0.05, 0.1) is 13.2 Å². The fraction of sp³-hybridized carbons (Fsp3) is 0.588. The van der Waals surface area contributed by atoms with Crippen molar-refractivity contribution < 1.29 is 18.8 Å². The molecule has 0 aromatic carbocycles. The van der Waals surface area contributed by atoms with Crippen LogP contribution in [0.1, 0.15) is 25.2 Å². The Hall–Kier alpha value is -1.77. The minimum atomic E-state index is -0.0776. The second kappa shape index (κ2) is 7.63. The SMILES string of the molecule is O=C(CCc1nc(-c2ccsc2)no1)N1CCC(C2OCCO2)CC1. The van der Waals surface area contributed by atoms with Gasteiger partial charge >= 0.3 is 0 Å². The molecule has 0 N–H and O–H groups in total. The molecule has 8 heteroatoms. The van der Waals surface area contributed by atoms with Crippen LogP contribution in [0, 0.1) is 5.92 Å². The third-order valence-corrected chi connectivity index (χ3v) is 5.41. The van der Waals surface area contributed by atoms with Crippen molar-refractivity contribution in [2.45, 2.75) is 32.0 Å². The van der Waals surface area contributed by atoms with E-state index in [0.717, 1.165) is 31.5 Å². The van der Waals surface area contributed by atoms with E-state index in [0.29, 0.717) is 43.7 Å². The lowest BCUT2D eigenvalue weighted by molar-refractivity contribution is -0.136. The zero-order valence-electron chi connectivity index (χ0n) is 13.9. The van der Waals surface area contributed by atoms with Crippen LogP contribution < -0.4 is 0 Å². The Morgan fingerprint density at radius 3 is 2.80 bits per heavy atom. The van der Waals surface area contributed by atoms with E-state index >= 15 is 0 Å². The van der Waals surface area contributed by atoms with Crippen molar-refractivity contribution in [3.63, 3.8) is 0 Å². The average Bonchev–Trinajstić information content (AvgIpc) is 3.42. The van der Waals surface area contributed by atoms with Gasteiger partial charge in [0.1, 0.15) is 0 Å². The predicted octanol–water partition coefficient (Wildman–Crippen LogP) is 2.34. The molecule has 2 saturated heterocycles. The van der Waals surface area contributed by atoms with Gasteiger partial charge < -0.3 is 18.9 Å². The van der Waals surface area contributed by atoms with E-state index in [1.54, 1.807) is 11.3 Å². The lowest BCUT2D eigenvalue weighted by Crippen LogP contribution is -2.41. The molecule has 2 fully saturated rings. The van der Waals surface area contributed by atoms with Crippen LogP contribution >= 0.6 is 11.3 Å². The molecule has 1 amide bonds. The number of piperidine rings is 1. The first kappa shape index (κ1) is 16.7. The van der Waals surface area contributed by atoms with E-state index in [2.05, 4.69) is 10.1 Å². The molecule has 2 aliphatic rings. The van der Waals surface area contributed by atoms with Crippen molar-refractivity contribution in [3.05, 3.63) is 22.7 Å². The first-order chi connectivity index (χ1) is 12.3. The van der Waals surface area contributed by atoms with Gasteiger partial charge in [0.25, 0.3) is 0 Å². The number of rotatable bonds is 5. The van der Waals surface area contributed by atoms with Gasteiger partial charge in [0.2, 0.25) is 17.6 Å². The summed E-state index contributed by atoms with van der Waals surface area (Å²) in [5, 5.41) is 7.92. The van der Waals surface area contributed by atoms with E-state index in [4.69, 9.17) is 14.0 Å². The lowest BCUT2D eigenvalue weighted by atomic mass is 9.96. The van der Waals surface area contributed by atoms with Gasteiger partial charge in [0.15, 0.2) is 6.29 Å². The third kappa shape index (κ3) is 3.91. The van der Waals surface area contributed by atoms with Crippen LogP contribution in [0.4, 0.5) is 0 Å². The molecule has 0 unspecified atom stereocenters. The zero-order chi connectivity index (χ0) is 17.1. The van der Waals surface area contributed by atoms with Gasteiger partial charge in [-0.25, -0.2) is 0 Å². The summed E-state index contributed by atoms with van der Waals surface area (Å²) < 4.78 is 16.4. The lowest BCUT2D eigenvalue weighted by Gasteiger charge is -2.33. The fourth-order valence-corrected chi connectivity index (χ4v) is 3.94. The number of aryl methyl sites for hydroxylation is 1. The summed E-state index contributed by atoms with van der Waals surface area (Å²) in [7, 11) is 0. The molecular formula is C17H21N3O4S. The molecule has 0 bridgehead atoms. The van der Waals surface area contributed by atoms with E-state index in [1.807, 2.05) is 21.7 Å². The Morgan fingerprint density at radius 2 is 2.08 bits per heavy atom. The number of hydrogen-bond donors (Lipinski definition) is 0. The summed E-state index contributed by atoms with van der Waals surface area (Å²) in [5.41, 5.74) is 0.949. The topological polar surface area (TPSA) is 77.7 Å². The Balaban J connectivity index is 1.24. The van der Waals surface area contributed by atoms with Gasteiger partial charge in [-0.15, -0.1) is 0 Å². The van der Waals surface area contributed by atoms with Gasteiger partial charge in [0, 0.05) is 42.8 Å². The normalized spacial score (nSPS) is 19.6. The maximum atomic E-state index is 12.4. The standard InChI is InChI=1S/C17H21N3O4S/c21-15(20-6-3-12(4-7-20)17-22-8-9-23-17)2-1-14-18-16(19-24-14)13-5-10-25-11-13/h5,10-12,17H,1-4,6-9H2. The van der Waals surface area contributed by atoms with E-state index in [9.17, 15) is 4.79 Å². The third-order valence-electron chi connectivity index (χ3n) is 4.72. The van der Waals surface area contributed by atoms with Crippen LogP contribution in [-0.4, -0.2) is 53.5 Å². The van der Waals surface area contributed by atoms with Crippen molar-refractivity contribution in [2.24, 2.45) is 5.92 Å². The van der Waals surface area contributed by atoms with Crippen molar-refractivity contribution in [3.8, 4) is 11.4 Å². The highest BCUT2D eigenvalue weighted by molar-refractivity contribution is 7.08. The first-order valence-electron chi connectivity index (χ1n) is 8.66. The molecular weight excluding hydrogens is 342 g/mol. The molecule has 4 rings (SSSR count). The summed E-state index contributed by atoms with van der Waals surface area (Å²) in [6, 6.07) is 1.95. The summed E-state index contributed by atoms with van der Waals surface area (Å²) in [6.45, 7) is 2.89. The quantitative estimate of drug-likeness (QED) is 0.811. The molecule has 0 saturated carbocycles. The molecule has 0 radical (unpaired) electrons. The summed E-state index contributed by atoms with van der Waals surface area (Å²) in [6.07, 6.45) is 2.65. The van der Waals surface area contributed by atoms with Gasteiger partial charge in [-0.2, -0.15) is 16.3 Å². The molecule has 2 aromatic heterocycles. The molecule has 0 spiro atoms. The van der Waals surface area contributed by atoms with Crippen LogP contribution in [-0.2, 0) is 20.7 Å². The second-order valence-electron chi connectivity index (χ2n) is 6.35. The maximum Gasteiger partial charge on any atom is 0.227 e. The molecule has 0 atom stereocenters. The Bertz CT molecular complexity index is 689. The van der Waals surface area contributed by atoms with E-state index < -0.39 is 0 Å². The van der Waals surface area contributed by atoms with Crippen molar-refractivity contribution in [1.82, 2.24) is 15.0 Å². The maximum absolute atomic E-state index is 12.4. The minimum Gasteiger partial charge on any atom is -0.350 e. The summed E-state index contributed by atoms with van der Waals surface area (Å²) in [5.74, 6) is 1.64. The largest absolute Gasteiger partial charge is 0.350 e. The van der Waals surface area contributed by atoms with Crippen molar-refractivity contribution >= 4 is 17.2 Å². The Labute approximate surface area is 149 Å². The summed E-state index contributed by atoms with van der Waals surface area (Å²) >= 11 is 1.59. The van der Waals surface area contributed by atoms with Crippen LogP contribution in [0.2, 0.25) is 0 Å². The number of ether oxygens (including phenoxy) is 2. The average molecular weight is 363 g/mol. The van der Waals surface area contributed by atoms with Crippen LogP contribution in [0.3, 0.4) is 0 Å². The molecule has 134 valence electrons. The fourth-order valence-electron chi connectivity index (χ4n) is 3.31. The molecule has 4 heterocycles. The van der Waals surface area contributed by atoms with Gasteiger partial charge in [-0.1, -0.05) is 5.16 Å². The Kier molecular flexibility index (Phi) is 5.09. The zero-order valence-corrected chi connectivity index (χ0v) is 14.7. The highest BCUT2D eigenvalue weighted by Crippen LogP contribution is 2.26. The van der Waals surface area contributed by atoms with Crippen molar-refractivity contribution in [2.75, 3.05) is 26.3 Å². The molecule has 2 aromatic rings. The van der Waals surface area contributed by atoms with Crippen molar-refractivity contribution in [1.29, 1.82) is 0 Å². The first-order valence-corrected chi connectivity index (χ1v) is 9.60. The number of carbonyl (C=O) groups excluding carboxylic acids is 1. The molecule has 2 aliphatic heterocycles. The van der Waals surface area contributed by atoms with Crippen LogP contribution in [0.25, 0.3) is 11.4 Å². The number of likely N-dealkylation sites (tertiary alicyclic amines) is 1. The summed E-state index contributed by atoms with van der Waals surface area (Å²) in [4.78, 5) is 18.7. The highest BCUT2D eigenvalue weighted by atomic mass is 32.1. The number of amides is 1.